The van der Waals surface area contributed by atoms with Crippen molar-refractivity contribution < 1.29 is 4.79 Å². The fourth-order valence-electron chi connectivity index (χ4n) is 2.17. The Morgan fingerprint density at radius 2 is 2.00 bits per heavy atom. The van der Waals surface area contributed by atoms with E-state index >= 15 is 0 Å². The second-order valence-electron chi connectivity index (χ2n) is 5.74. The Morgan fingerprint density at radius 3 is 2.50 bits per heavy atom. The van der Waals surface area contributed by atoms with Crippen molar-refractivity contribution >= 4 is 23.6 Å². The second-order valence-corrected chi connectivity index (χ2v) is 6.17. The summed E-state index contributed by atoms with van der Waals surface area (Å²) in [6.45, 7) is 6.62. The fourth-order valence-corrected chi connectivity index (χ4v) is 2.30. The highest BCUT2D eigenvalue weighted by Gasteiger charge is 2.24. The maximum Gasteiger partial charge on any atom is 0.244 e. The van der Waals surface area contributed by atoms with Gasteiger partial charge in [0.1, 0.15) is 0 Å². The van der Waals surface area contributed by atoms with Crippen LogP contribution in [0.4, 0.5) is 0 Å². The number of benzene rings is 1. The molecule has 0 aromatic heterocycles. The van der Waals surface area contributed by atoms with Gasteiger partial charge in [0.15, 0.2) is 0 Å². The summed E-state index contributed by atoms with van der Waals surface area (Å²) < 4.78 is 0. The lowest BCUT2D eigenvalue weighted by Gasteiger charge is -2.30. The predicted octanol–water partition coefficient (Wildman–Crippen LogP) is 3.23. The Morgan fingerprint density at radius 1 is 1.40 bits per heavy atom. The number of hydrogen-bond acceptors (Lipinski definition) is 2. The number of halogens is 1. The van der Waals surface area contributed by atoms with Crippen LogP contribution in [0.25, 0.3) is 6.08 Å². The minimum absolute atomic E-state index is 0.131. The molecule has 1 rings (SSSR count). The average Bonchev–Trinajstić information content (AvgIpc) is 2.37. The van der Waals surface area contributed by atoms with E-state index in [1.54, 1.807) is 18.2 Å². The van der Waals surface area contributed by atoms with Crippen LogP contribution in [-0.2, 0) is 4.79 Å². The van der Waals surface area contributed by atoms with Gasteiger partial charge in [-0.05, 0) is 43.0 Å². The molecule has 0 aliphatic rings. The Hall–Kier alpha value is -1.32. The summed E-state index contributed by atoms with van der Waals surface area (Å²) in [5.74, 6) is 0.345. The van der Waals surface area contributed by atoms with Crippen molar-refractivity contribution in [1.29, 1.82) is 0 Å². The molecule has 20 heavy (non-hydrogen) atoms. The van der Waals surface area contributed by atoms with Gasteiger partial charge in [0.2, 0.25) is 5.91 Å². The van der Waals surface area contributed by atoms with Gasteiger partial charge in [0, 0.05) is 23.2 Å². The summed E-state index contributed by atoms with van der Waals surface area (Å²) in [4.78, 5) is 12.0. The molecule has 110 valence electrons. The molecule has 0 spiro atoms. The molecule has 0 saturated heterocycles. The topological polar surface area (TPSA) is 55.1 Å². The highest BCUT2D eigenvalue weighted by molar-refractivity contribution is 6.30. The molecule has 0 fully saturated rings. The number of amides is 1. The zero-order valence-electron chi connectivity index (χ0n) is 12.3. The summed E-state index contributed by atoms with van der Waals surface area (Å²) in [6, 6.07) is 7.31. The zero-order valence-corrected chi connectivity index (χ0v) is 13.1. The van der Waals surface area contributed by atoms with E-state index in [9.17, 15) is 4.79 Å². The van der Waals surface area contributed by atoms with Crippen molar-refractivity contribution in [2.45, 2.75) is 32.7 Å². The van der Waals surface area contributed by atoms with Crippen LogP contribution < -0.4 is 11.1 Å². The number of carbonyl (C=O) groups is 1. The first-order chi connectivity index (χ1) is 9.34. The number of hydrogen-bond donors (Lipinski definition) is 2. The van der Waals surface area contributed by atoms with Gasteiger partial charge in [-0.25, -0.2) is 0 Å². The molecule has 0 saturated carbocycles. The maximum absolute atomic E-state index is 12.0. The molecule has 0 aliphatic carbocycles. The highest BCUT2D eigenvalue weighted by atomic mass is 35.5. The van der Waals surface area contributed by atoms with Gasteiger partial charge < -0.3 is 11.1 Å². The first kappa shape index (κ1) is 16.7. The van der Waals surface area contributed by atoms with Crippen molar-refractivity contribution in [3.8, 4) is 0 Å². The number of nitrogens with one attached hydrogen (secondary N) is 1. The van der Waals surface area contributed by atoms with E-state index in [1.165, 1.54) is 6.08 Å². The molecular formula is C16H23ClN2O. The molecule has 3 nitrogen and oxygen atoms in total. The van der Waals surface area contributed by atoms with E-state index < -0.39 is 0 Å². The zero-order chi connectivity index (χ0) is 15.2. The molecule has 0 bridgehead atoms. The predicted molar refractivity (Wildman–Crippen MR) is 85.5 cm³/mol. The highest BCUT2D eigenvalue weighted by Crippen LogP contribution is 2.15. The minimum Gasteiger partial charge on any atom is -0.346 e. The molecule has 1 aromatic carbocycles. The third-order valence-corrected chi connectivity index (χ3v) is 3.28. The van der Waals surface area contributed by atoms with Crippen molar-refractivity contribution in [2.75, 3.05) is 6.54 Å². The van der Waals surface area contributed by atoms with E-state index in [4.69, 9.17) is 17.3 Å². The average molecular weight is 295 g/mol. The Balaban J connectivity index is 2.64. The SMILES string of the molecule is CC(C)CC(C)(CN)NC(=O)/C=C/c1ccc(Cl)cc1. The van der Waals surface area contributed by atoms with E-state index in [1.807, 2.05) is 19.1 Å². The van der Waals surface area contributed by atoms with Crippen LogP contribution >= 0.6 is 11.6 Å². The summed E-state index contributed by atoms with van der Waals surface area (Å²) in [5, 5.41) is 3.66. The quantitative estimate of drug-likeness (QED) is 0.792. The molecule has 4 heteroatoms. The van der Waals surface area contributed by atoms with Crippen LogP contribution in [0.3, 0.4) is 0 Å². The van der Waals surface area contributed by atoms with E-state index in [-0.39, 0.29) is 11.4 Å². The van der Waals surface area contributed by atoms with Crippen LogP contribution in [0.5, 0.6) is 0 Å². The monoisotopic (exact) mass is 294 g/mol. The first-order valence-electron chi connectivity index (χ1n) is 6.80. The van der Waals surface area contributed by atoms with Crippen molar-refractivity contribution in [3.05, 3.63) is 40.9 Å². The lowest BCUT2D eigenvalue weighted by Crippen LogP contribution is -2.51. The van der Waals surface area contributed by atoms with Gasteiger partial charge in [0.05, 0.1) is 0 Å². The minimum atomic E-state index is -0.365. The van der Waals surface area contributed by atoms with E-state index in [0.29, 0.717) is 17.5 Å². The summed E-state index contributed by atoms with van der Waals surface area (Å²) in [5.41, 5.74) is 6.34. The van der Waals surface area contributed by atoms with Crippen molar-refractivity contribution in [1.82, 2.24) is 5.32 Å². The van der Waals surface area contributed by atoms with Gasteiger partial charge in [-0.15, -0.1) is 0 Å². The summed E-state index contributed by atoms with van der Waals surface area (Å²) in [7, 11) is 0. The van der Waals surface area contributed by atoms with Gasteiger partial charge >= 0.3 is 0 Å². The van der Waals surface area contributed by atoms with Crippen LogP contribution in [0, 0.1) is 5.92 Å². The largest absolute Gasteiger partial charge is 0.346 e. The number of nitrogens with two attached hydrogens (primary N) is 1. The number of carbonyl (C=O) groups excluding carboxylic acids is 1. The molecule has 0 heterocycles. The lowest BCUT2D eigenvalue weighted by atomic mass is 9.90. The Bertz CT molecular complexity index is 468. The van der Waals surface area contributed by atoms with E-state index in [0.717, 1.165) is 12.0 Å². The van der Waals surface area contributed by atoms with Crippen molar-refractivity contribution in [3.63, 3.8) is 0 Å². The third-order valence-electron chi connectivity index (χ3n) is 3.03. The smallest absolute Gasteiger partial charge is 0.244 e. The fraction of sp³-hybridized carbons (Fsp3) is 0.438. The van der Waals surface area contributed by atoms with Gasteiger partial charge in [-0.3, -0.25) is 4.79 Å². The Labute approximate surface area is 126 Å². The standard InChI is InChI=1S/C16H23ClN2O/c1-12(2)10-16(3,11-18)19-15(20)9-6-13-4-7-14(17)8-5-13/h4-9,12H,10-11,18H2,1-3H3,(H,19,20)/b9-6+. The number of rotatable bonds is 6. The Kier molecular flexibility index (Phi) is 6.24. The van der Waals surface area contributed by atoms with Crippen LogP contribution in [0.1, 0.15) is 32.8 Å². The molecule has 1 unspecified atom stereocenters. The summed E-state index contributed by atoms with van der Waals surface area (Å²) >= 11 is 5.81. The molecular weight excluding hydrogens is 272 g/mol. The van der Waals surface area contributed by atoms with Gasteiger partial charge in [0.25, 0.3) is 0 Å². The van der Waals surface area contributed by atoms with Crippen LogP contribution in [0.15, 0.2) is 30.3 Å². The normalized spacial score (nSPS) is 14.5. The molecule has 0 aliphatic heterocycles. The van der Waals surface area contributed by atoms with Gasteiger partial charge in [-0.1, -0.05) is 37.6 Å². The molecule has 3 N–H and O–H groups in total. The van der Waals surface area contributed by atoms with Gasteiger partial charge in [-0.2, -0.15) is 0 Å². The lowest BCUT2D eigenvalue weighted by molar-refractivity contribution is -0.118. The maximum atomic E-state index is 12.0. The van der Waals surface area contributed by atoms with Crippen LogP contribution in [0.2, 0.25) is 5.02 Å². The molecule has 0 radical (unpaired) electrons. The molecule has 1 atom stereocenters. The first-order valence-corrected chi connectivity index (χ1v) is 7.18. The summed E-state index contributed by atoms with van der Waals surface area (Å²) in [6.07, 6.45) is 4.14. The third kappa shape index (κ3) is 5.76. The van der Waals surface area contributed by atoms with Crippen molar-refractivity contribution in [2.24, 2.45) is 11.7 Å². The second kappa shape index (κ2) is 7.46. The molecule has 1 amide bonds. The molecule has 1 aromatic rings. The van der Waals surface area contributed by atoms with E-state index in [2.05, 4.69) is 19.2 Å². The van der Waals surface area contributed by atoms with Crippen LogP contribution in [-0.4, -0.2) is 18.0 Å².